The van der Waals surface area contributed by atoms with Gasteiger partial charge in [-0.1, -0.05) is 77.6 Å². The Morgan fingerprint density at radius 1 is 0.857 bits per heavy atom. The molecule has 0 aromatic heterocycles. The molecule has 0 heterocycles. The predicted octanol–water partition coefficient (Wildman–Crippen LogP) is 6.23. The van der Waals surface area contributed by atoms with Crippen LogP contribution < -0.4 is 5.32 Å². The Kier molecular flexibility index (Phi) is 14.6. The number of thiocyanates is 1. The molecule has 0 atom stereocenters. The first-order valence-electron chi connectivity index (χ1n) is 8.88. The summed E-state index contributed by atoms with van der Waals surface area (Å²) in [5, 5.41) is 14.1. The van der Waals surface area contributed by atoms with Crippen molar-refractivity contribution >= 4 is 11.8 Å². The zero-order valence-corrected chi connectivity index (χ0v) is 15.4. The second-order valence-electron chi connectivity index (χ2n) is 6.73. The van der Waals surface area contributed by atoms with Crippen molar-refractivity contribution in [2.24, 2.45) is 0 Å². The SMILES string of the molecule is CCCCCCCCCCCCCC(C)(C)NCSC#N. The van der Waals surface area contributed by atoms with Gasteiger partial charge < -0.3 is 5.32 Å². The molecule has 21 heavy (non-hydrogen) atoms. The molecule has 0 aromatic rings. The molecule has 0 radical (unpaired) electrons. The zero-order valence-electron chi connectivity index (χ0n) is 14.5. The Bertz CT molecular complexity index is 258. The third kappa shape index (κ3) is 16.0. The highest BCUT2D eigenvalue weighted by Crippen LogP contribution is 2.17. The third-order valence-electron chi connectivity index (χ3n) is 4.09. The van der Waals surface area contributed by atoms with Gasteiger partial charge in [-0.2, -0.15) is 5.26 Å². The first-order valence-corrected chi connectivity index (χ1v) is 9.87. The topological polar surface area (TPSA) is 35.8 Å². The van der Waals surface area contributed by atoms with Crippen LogP contribution in [0.1, 0.15) is 97.8 Å². The Labute approximate surface area is 137 Å². The Hall–Kier alpha value is -0.200. The summed E-state index contributed by atoms with van der Waals surface area (Å²) < 4.78 is 0. The van der Waals surface area contributed by atoms with Gasteiger partial charge in [0.05, 0.1) is 5.88 Å². The molecular weight excluding hydrogens is 276 g/mol. The molecule has 0 unspecified atom stereocenters. The Morgan fingerprint density at radius 2 is 1.33 bits per heavy atom. The molecule has 2 nitrogen and oxygen atoms in total. The van der Waals surface area contributed by atoms with Crippen molar-refractivity contribution in [3.8, 4) is 5.40 Å². The van der Waals surface area contributed by atoms with Crippen molar-refractivity contribution in [3.05, 3.63) is 0 Å². The number of unbranched alkanes of at least 4 members (excludes halogenated alkanes) is 10. The van der Waals surface area contributed by atoms with Crippen molar-refractivity contribution in [1.82, 2.24) is 5.32 Å². The van der Waals surface area contributed by atoms with Gasteiger partial charge in [0.15, 0.2) is 0 Å². The lowest BCUT2D eigenvalue weighted by Crippen LogP contribution is -2.38. The first-order chi connectivity index (χ1) is 10.1. The number of nitrogens with zero attached hydrogens (tertiary/aromatic N) is 1. The molecule has 0 aliphatic heterocycles. The van der Waals surface area contributed by atoms with Gasteiger partial charge in [-0.3, -0.25) is 0 Å². The lowest BCUT2D eigenvalue weighted by Gasteiger charge is -2.25. The smallest absolute Gasteiger partial charge is 0.134 e. The fourth-order valence-electron chi connectivity index (χ4n) is 2.58. The molecule has 0 bridgehead atoms. The predicted molar refractivity (Wildman–Crippen MR) is 96.4 cm³/mol. The van der Waals surface area contributed by atoms with Crippen LogP contribution in [0.3, 0.4) is 0 Å². The van der Waals surface area contributed by atoms with Crippen molar-refractivity contribution in [1.29, 1.82) is 5.26 Å². The van der Waals surface area contributed by atoms with Crippen molar-refractivity contribution in [2.45, 2.75) is 103 Å². The number of hydrogen-bond donors (Lipinski definition) is 1. The quantitative estimate of drug-likeness (QED) is 0.221. The minimum absolute atomic E-state index is 0.170. The molecule has 124 valence electrons. The highest BCUT2D eigenvalue weighted by Gasteiger charge is 2.15. The van der Waals surface area contributed by atoms with Crippen LogP contribution >= 0.6 is 11.8 Å². The summed E-state index contributed by atoms with van der Waals surface area (Å²) >= 11 is 1.29. The van der Waals surface area contributed by atoms with E-state index in [4.69, 9.17) is 5.26 Å². The van der Waals surface area contributed by atoms with E-state index in [9.17, 15) is 0 Å². The molecule has 1 N–H and O–H groups in total. The average molecular weight is 313 g/mol. The number of thioether (sulfide) groups is 1. The van der Waals surface area contributed by atoms with Gasteiger partial charge in [0.25, 0.3) is 0 Å². The van der Waals surface area contributed by atoms with Crippen LogP contribution in [0.2, 0.25) is 0 Å². The minimum Gasteiger partial charge on any atom is -0.302 e. The lowest BCUT2D eigenvalue weighted by molar-refractivity contribution is 0.368. The van der Waals surface area contributed by atoms with E-state index >= 15 is 0 Å². The second kappa shape index (κ2) is 14.7. The zero-order chi connectivity index (χ0) is 15.8. The minimum atomic E-state index is 0.170. The largest absolute Gasteiger partial charge is 0.302 e. The number of nitrogens with one attached hydrogen (secondary N) is 1. The summed E-state index contributed by atoms with van der Waals surface area (Å²) in [5.41, 5.74) is 0.170. The molecule has 0 spiro atoms. The maximum Gasteiger partial charge on any atom is 0.134 e. The molecule has 0 amide bonds. The normalized spacial score (nSPS) is 11.5. The van der Waals surface area contributed by atoms with Gasteiger partial charge in [-0.05, 0) is 32.0 Å². The number of nitriles is 1. The molecule has 0 rings (SSSR count). The van der Waals surface area contributed by atoms with Crippen molar-refractivity contribution in [2.75, 3.05) is 5.88 Å². The van der Waals surface area contributed by atoms with Gasteiger partial charge in [-0.25, -0.2) is 0 Å². The van der Waals surface area contributed by atoms with Gasteiger partial charge in [0, 0.05) is 5.54 Å². The van der Waals surface area contributed by atoms with Crippen LogP contribution in [0.25, 0.3) is 0 Å². The molecule has 0 saturated carbocycles. The Balaban J connectivity index is 3.26. The average Bonchev–Trinajstić information content (AvgIpc) is 2.45. The van der Waals surface area contributed by atoms with E-state index in [-0.39, 0.29) is 5.54 Å². The summed E-state index contributed by atoms with van der Waals surface area (Å²) in [7, 11) is 0. The van der Waals surface area contributed by atoms with Crippen LogP contribution in [0.15, 0.2) is 0 Å². The highest BCUT2D eigenvalue weighted by atomic mass is 32.2. The van der Waals surface area contributed by atoms with Crippen LogP contribution in [0.5, 0.6) is 0 Å². The maximum atomic E-state index is 8.51. The summed E-state index contributed by atoms with van der Waals surface area (Å²) in [4.78, 5) is 0. The Morgan fingerprint density at radius 3 is 1.81 bits per heavy atom. The molecule has 0 saturated heterocycles. The van der Waals surface area contributed by atoms with Crippen molar-refractivity contribution in [3.63, 3.8) is 0 Å². The van der Waals surface area contributed by atoms with Crippen LogP contribution in [0.4, 0.5) is 0 Å². The third-order valence-corrected chi connectivity index (χ3v) is 4.51. The van der Waals surface area contributed by atoms with Crippen LogP contribution in [-0.4, -0.2) is 11.4 Å². The van der Waals surface area contributed by atoms with E-state index in [2.05, 4.69) is 31.5 Å². The second-order valence-corrected chi connectivity index (χ2v) is 7.49. The summed E-state index contributed by atoms with van der Waals surface area (Å²) in [5.74, 6) is 0.738. The fraction of sp³-hybridized carbons (Fsp3) is 0.944. The molecular formula is C18H36N2S. The molecule has 0 aliphatic carbocycles. The molecule has 0 aliphatic rings. The maximum absolute atomic E-state index is 8.51. The summed E-state index contributed by atoms with van der Waals surface area (Å²) in [6.45, 7) is 6.75. The fourth-order valence-corrected chi connectivity index (χ4v) is 3.11. The van der Waals surface area contributed by atoms with E-state index < -0.39 is 0 Å². The summed E-state index contributed by atoms with van der Waals surface area (Å²) in [6, 6.07) is 0. The molecule has 0 fully saturated rings. The first kappa shape index (κ1) is 20.8. The van der Waals surface area contributed by atoms with Crippen LogP contribution in [0, 0.1) is 10.7 Å². The van der Waals surface area contributed by atoms with E-state index in [0.717, 1.165) is 5.88 Å². The van der Waals surface area contributed by atoms with E-state index in [1.165, 1.54) is 88.8 Å². The van der Waals surface area contributed by atoms with Gasteiger partial charge in [0.1, 0.15) is 5.40 Å². The van der Waals surface area contributed by atoms with Gasteiger partial charge in [0.2, 0.25) is 0 Å². The lowest BCUT2D eigenvalue weighted by atomic mass is 9.96. The van der Waals surface area contributed by atoms with Gasteiger partial charge >= 0.3 is 0 Å². The van der Waals surface area contributed by atoms with Crippen LogP contribution in [-0.2, 0) is 0 Å². The van der Waals surface area contributed by atoms with E-state index in [0.29, 0.717) is 0 Å². The number of rotatable bonds is 15. The highest BCUT2D eigenvalue weighted by molar-refractivity contribution is 8.03. The number of hydrogen-bond acceptors (Lipinski definition) is 3. The van der Waals surface area contributed by atoms with E-state index in [1.54, 1.807) is 0 Å². The monoisotopic (exact) mass is 312 g/mol. The van der Waals surface area contributed by atoms with Crippen molar-refractivity contribution < 1.29 is 0 Å². The summed E-state index contributed by atoms with van der Waals surface area (Å²) in [6.07, 6.45) is 16.6. The molecule has 0 aromatic carbocycles. The molecule has 3 heteroatoms. The van der Waals surface area contributed by atoms with Gasteiger partial charge in [-0.15, -0.1) is 0 Å². The standard InChI is InChI=1S/C18H36N2S/c1-4-5-6-7-8-9-10-11-12-13-14-15-18(2,3)20-17-21-16-19/h20H,4-15,17H2,1-3H3. The van der Waals surface area contributed by atoms with E-state index in [1.807, 2.05) is 0 Å².